The van der Waals surface area contributed by atoms with E-state index in [0.29, 0.717) is 5.02 Å². The zero-order valence-corrected chi connectivity index (χ0v) is 8.09. The highest BCUT2D eigenvalue weighted by Crippen LogP contribution is 2.10. The molecule has 0 unspecified atom stereocenters. The van der Waals surface area contributed by atoms with Crippen LogP contribution in [0.5, 0.6) is 0 Å². The lowest BCUT2D eigenvalue weighted by molar-refractivity contribution is 0.814. The highest BCUT2D eigenvalue weighted by molar-refractivity contribution is 6.32. The van der Waals surface area contributed by atoms with Gasteiger partial charge in [-0.25, -0.2) is 4.79 Å². The summed E-state index contributed by atoms with van der Waals surface area (Å²) >= 11 is 5.54. The number of hydrogen-bond acceptors (Lipinski definition) is 3. The highest BCUT2D eigenvalue weighted by Gasteiger charge is 1.98. The smallest absolute Gasteiger partial charge is 0.349 e. The van der Waals surface area contributed by atoms with Crippen molar-refractivity contribution in [1.82, 2.24) is 9.55 Å². The van der Waals surface area contributed by atoms with Gasteiger partial charge in [0, 0.05) is 13.2 Å². The lowest BCUT2D eigenvalue weighted by atomic mass is 10.6. The van der Waals surface area contributed by atoms with E-state index in [1.807, 2.05) is 13.8 Å². The predicted octanol–water partition coefficient (Wildman–Crippen LogP) is 1.04. The Morgan fingerprint density at radius 3 is 2.50 bits per heavy atom. The van der Waals surface area contributed by atoms with Crippen LogP contribution in [0, 0.1) is 0 Å². The van der Waals surface area contributed by atoms with E-state index in [4.69, 9.17) is 17.3 Å². The number of aryl methyl sites for hydroxylation is 1. The quantitative estimate of drug-likeness (QED) is 0.664. The van der Waals surface area contributed by atoms with Gasteiger partial charge in [0.25, 0.3) is 0 Å². The van der Waals surface area contributed by atoms with Crippen LogP contribution in [0.15, 0.2) is 11.0 Å². The van der Waals surface area contributed by atoms with E-state index < -0.39 is 5.69 Å². The summed E-state index contributed by atoms with van der Waals surface area (Å²) in [6, 6.07) is 0. The van der Waals surface area contributed by atoms with Crippen molar-refractivity contribution in [2.24, 2.45) is 7.05 Å². The summed E-state index contributed by atoms with van der Waals surface area (Å²) in [6.07, 6.45) is 1.42. The molecule has 0 spiro atoms. The van der Waals surface area contributed by atoms with Crippen molar-refractivity contribution in [2.45, 2.75) is 13.8 Å². The molecule has 0 saturated heterocycles. The van der Waals surface area contributed by atoms with Crippen molar-refractivity contribution in [1.29, 1.82) is 0 Å². The Morgan fingerprint density at radius 1 is 1.58 bits per heavy atom. The normalized spacial score (nSPS) is 8.67. The fourth-order valence-electron chi connectivity index (χ4n) is 0.527. The molecule has 2 N–H and O–H groups in total. The number of aromatic nitrogens is 2. The Labute approximate surface area is 76.0 Å². The van der Waals surface area contributed by atoms with Crippen LogP contribution in [0.4, 0.5) is 5.82 Å². The summed E-state index contributed by atoms with van der Waals surface area (Å²) in [5, 5.41) is 0.294. The molecule has 0 aromatic carbocycles. The second-order valence-electron chi connectivity index (χ2n) is 1.87. The number of nitrogen functional groups attached to an aromatic ring is 1. The number of rotatable bonds is 0. The van der Waals surface area contributed by atoms with Gasteiger partial charge in [0.2, 0.25) is 0 Å². The first-order valence-electron chi connectivity index (χ1n) is 3.60. The molecule has 12 heavy (non-hydrogen) atoms. The van der Waals surface area contributed by atoms with Gasteiger partial charge in [0.15, 0.2) is 0 Å². The lowest BCUT2D eigenvalue weighted by Gasteiger charge is -1.97. The van der Waals surface area contributed by atoms with Gasteiger partial charge in [-0.2, -0.15) is 4.98 Å². The number of hydrogen-bond donors (Lipinski definition) is 1. The average molecular weight is 190 g/mol. The van der Waals surface area contributed by atoms with Crippen molar-refractivity contribution in [3.05, 3.63) is 21.7 Å². The SMILES string of the molecule is CC.Cn1cc(Cl)c(N)nc1=O. The minimum absolute atomic E-state index is 0.0739. The fraction of sp³-hybridized carbons (Fsp3) is 0.429. The van der Waals surface area contributed by atoms with E-state index in [-0.39, 0.29) is 5.82 Å². The maximum atomic E-state index is 10.7. The summed E-state index contributed by atoms with van der Waals surface area (Å²) in [5.41, 5.74) is 4.83. The van der Waals surface area contributed by atoms with Gasteiger partial charge in [0.05, 0.1) is 5.02 Å². The summed E-state index contributed by atoms with van der Waals surface area (Å²) < 4.78 is 1.26. The van der Waals surface area contributed by atoms with Crippen molar-refractivity contribution < 1.29 is 0 Å². The van der Waals surface area contributed by atoms with E-state index in [9.17, 15) is 4.79 Å². The van der Waals surface area contributed by atoms with Crippen LogP contribution in [-0.2, 0) is 7.05 Å². The lowest BCUT2D eigenvalue weighted by Crippen LogP contribution is -2.20. The molecule has 0 aliphatic rings. The number of nitrogens with zero attached hydrogens (tertiary/aromatic N) is 2. The maximum absolute atomic E-state index is 10.7. The predicted molar refractivity (Wildman–Crippen MR) is 50.2 cm³/mol. The van der Waals surface area contributed by atoms with Gasteiger partial charge in [-0.1, -0.05) is 25.4 Å². The largest absolute Gasteiger partial charge is 0.382 e. The van der Waals surface area contributed by atoms with Crippen LogP contribution in [-0.4, -0.2) is 9.55 Å². The molecule has 0 amide bonds. The Morgan fingerprint density at radius 2 is 2.08 bits per heavy atom. The van der Waals surface area contributed by atoms with Crippen molar-refractivity contribution in [3.63, 3.8) is 0 Å². The van der Waals surface area contributed by atoms with Gasteiger partial charge in [-0.3, -0.25) is 0 Å². The van der Waals surface area contributed by atoms with Gasteiger partial charge in [-0.05, 0) is 0 Å². The summed E-state index contributed by atoms with van der Waals surface area (Å²) in [7, 11) is 1.56. The summed E-state index contributed by atoms with van der Waals surface area (Å²) in [5.74, 6) is 0.0739. The van der Waals surface area contributed by atoms with Crippen molar-refractivity contribution >= 4 is 17.4 Å². The molecule has 4 nitrogen and oxygen atoms in total. The minimum atomic E-state index is -0.401. The van der Waals surface area contributed by atoms with Crippen LogP contribution in [0.1, 0.15) is 13.8 Å². The number of halogens is 1. The molecule has 1 rings (SSSR count). The third kappa shape index (κ3) is 2.54. The highest BCUT2D eigenvalue weighted by atomic mass is 35.5. The first-order chi connectivity index (χ1) is 5.61. The fourth-order valence-corrected chi connectivity index (χ4v) is 0.715. The van der Waals surface area contributed by atoms with Crippen LogP contribution < -0.4 is 11.4 Å². The second kappa shape index (κ2) is 4.77. The van der Waals surface area contributed by atoms with Crippen molar-refractivity contribution in [2.75, 3.05) is 5.73 Å². The van der Waals surface area contributed by atoms with Gasteiger partial charge < -0.3 is 10.3 Å². The molecule has 0 aliphatic heterocycles. The molecular weight excluding hydrogens is 178 g/mol. The first-order valence-corrected chi connectivity index (χ1v) is 3.97. The van der Waals surface area contributed by atoms with Crippen LogP contribution in [0.2, 0.25) is 5.02 Å². The molecule has 0 saturated carbocycles. The van der Waals surface area contributed by atoms with Crippen LogP contribution in [0.3, 0.4) is 0 Å². The molecule has 1 aromatic rings. The Bertz CT molecular complexity index is 308. The average Bonchev–Trinajstić information content (AvgIpc) is 2.05. The third-order valence-corrected chi connectivity index (χ3v) is 1.36. The zero-order chi connectivity index (χ0) is 9.72. The maximum Gasteiger partial charge on any atom is 0.349 e. The minimum Gasteiger partial charge on any atom is -0.382 e. The van der Waals surface area contributed by atoms with E-state index in [2.05, 4.69) is 4.98 Å². The van der Waals surface area contributed by atoms with E-state index >= 15 is 0 Å². The van der Waals surface area contributed by atoms with E-state index in [0.717, 1.165) is 0 Å². The van der Waals surface area contributed by atoms with Gasteiger partial charge >= 0.3 is 5.69 Å². The molecule has 0 radical (unpaired) electrons. The third-order valence-electron chi connectivity index (χ3n) is 1.07. The number of anilines is 1. The summed E-state index contributed by atoms with van der Waals surface area (Å²) in [6.45, 7) is 4.00. The van der Waals surface area contributed by atoms with E-state index in [1.54, 1.807) is 7.05 Å². The summed E-state index contributed by atoms with van der Waals surface area (Å²) in [4.78, 5) is 14.1. The standard InChI is InChI=1S/C5H6ClN3O.C2H6/c1-9-2-3(6)4(7)8-5(9)10;1-2/h2H,1H3,(H2,7,8,10);1-2H3. The monoisotopic (exact) mass is 189 g/mol. The van der Waals surface area contributed by atoms with Gasteiger partial charge in [0.1, 0.15) is 5.82 Å². The molecule has 1 aromatic heterocycles. The second-order valence-corrected chi connectivity index (χ2v) is 2.27. The van der Waals surface area contributed by atoms with Crippen LogP contribution in [0.25, 0.3) is 0 Å². The van der Waals surface area contributed by atoms with Gasteiger partial charge in [-0.15, -0.1) is 0 Å². The zero-order valence-electron chi connectivity index (χ0n) is 7.34. The molecular formula is C7H12ClN3O. The van der Waals surface area contributed by atoms with Crippen molar-refractivity contribution in [3.8, 4) is 0 Å². The number of nitrogens with two attached hydrogens (primary N) is 1. The Hall–Kier alpha value is -1.03. The Balaban J connectivity index is 0.000000561. The molecule has 68 valence electrons. The van der Waals surface area contributed by atoms with E-state index in [1.165, 1.54) is 10.8 Å². The molecule has 0 aliphatic carbocycles. The first kappa shape index (κ1) is 11.0. The molecule has 5 heteroatoms. The molecule has 0 bridgehead atoms. The molecule has 0 atom stereocenters. The Kier molecular flexibility index (Phi) is 4.36. The topological polar surface area (TPSA) is 60.9 Å². The van der Waals surface area contributed by atoms with Crippen LogP contribution >= 0.6 is 11.6 Å². The molecule has 1 heterocycles. The molecule has 0 fully saturated rings.